The molecule has 0 fully saturated rings. The molecule has 1 atom stereocenters. The third-order valence-electron chi connectivity index (χ3n) is 1.26. The first-order valence-electron chi connectivity index (χ1n) is 2.96. The molecule has 0 aromatic rings. The SMILES string of the molecule is C=C(C)C(C)/C=C/C. The van der Waals surface area contributed by atoms with Gasteiger partial charge in [-0.2, -0.15) is 0 Å². The van der Waals surface area contributed by atoms with Gasteiger partial charge in [-0.1, -0.05) is 31.2 Å². The van der Waals surface area contributed by atoms with Gasteiger partial charge in [0, 0.05) is 0 Å². The lowest BCUT2D eigenvalue weighted by Crippen LogP contribution is -1.87. The van der Waals surface area contributed by atoms with Gasteiger partial charge in [0.05, 0.1) is 0 Å². The molecule has 0 spiro atoms. The summed E-state index contributed by atoms with van der Waals surface area (Å²) in [5.41, 5.74) is 1.23. The monoisotopic (exact) mass is 110 g/mol. The van der Waals surface area contributed by atoms with E-state index in [-0.39, 0.29) is 0 Å². The van der Waals surface area contributed by atoms with Gasteiger partial charge in [0.15, 0.2) is 0 Å². The normalized spacial score (nSPS) is 14.4. The van der Waals surface area contributed by atoms with Crippen LogP contribution in [0.1, 0.15) is 20.8 Å². The standard InChI is InChI=1S/C8H14/c1-5-6-8(4)7(2)3/h5-6,8H,2H2,1,3-4H3/b6-5+. The predicted octanol–water partition coefficient (Wildman–Crippen LogP) is 2.77. The lowest BCUT2D eigenvalue weighted by Gasteiger charge is -2.01. The van der Waals surface area contributed by atoms with Gasteiger partial charge in [-0.05, 0) is 19.8 Å². The Morgan fingerprint density at radius 2 is 2.12 bits per heavy atom. The third-order valence-corrected chi connectivity index (χ3v) is 1.26. The van der Waals surface area contributed by atoms with E-state index >= 15 is 0 Å². The number of allylic oxidation sites excluding steroid dienone is 3. The van der Waals surface area contributed by atoms with E-state index in [2.05, 4.69) is 25.7 Å². The first-order chi connectivity index (χ1) is 3.68. The van der Waals surface area contributed by atoms with Crippen molar-refractivity contribution in [2.75, 3.05) is 0 Å². The zero-order valence-electron chi connectivity index (χ0n) is 5.94. The predicted molar refractivity (Wildman–Crippen MR) is 38.8 cm³/mol. The molecule has 0 rings (SSSR count). The third kappa shape index (κ3) is 2.62. The van der Waals surface area contributed by atoms with Crippen LogP contribution >= 0.6 is 0 Å². The zero-order chi connectivity index (χ0) is 6.57. The fourth-order valence-electron chi connectivity index (χ4n) is 0.453. The maximum Gasteiger partial charge on any atom is -0.00572 e. The van der Waals surface area contributed by atoms with Crippen molar-refractivity contribution in [1.82, 2.24) is 0 Å². The molecule has 8 heavy (non-hydrogen) atoms. The molecule has 0 aliphatic rings. The van der Waals surface area contributed by atoms with Crippen LogP contribution in [-0.4, -0.2) is 0 Å². The van der Waals surface area contributed by atoms with Crippen LogP contribution in [0.5, 0.6) is 0 Å². The lowest BCUT2D eigenvalue weighted by atomic mass is 10.0. The van der Waals surface area contributed by atoms with Gasteiger partial charge in [-0.15, -0.1) is 0 Å². The molecule has 0 aliphatic heterocycles. The summed E-state index contributed by atoms with van der Waals surface area (Å²) in [6.07, 6.45) is 4.20. The van der Waals surface area contributed by atoms with Gasteiger partial charge in [0.2, 0.25) is 0 Å². The Hall–Kier alpha value is -0.520. The maximum absolute atomic E-state index is 3.82. The van der Waals surface area contributed by atoms with Crippen molar-refractivity contribution in [2.24, 2.45) is 5.92 Å². The van der Waals surface area contributed by atoms with E-state index in [4.69, 9.17) is 0 Å². The fourth-order valence-corrected chi connectivity index (χ4v) is 0.453. The average Bonchev–Trinajstić information content (AvgIpc) is 1.67. The number of hydrogen-bond acceptors (Lipinski definition) is 0. The van der Waals surface area contributed by atoms with Crippen LogP contribution in [-0.2, 0) is 0 Å². The molecule has 1 unspecified atom stereocenters. The summed E-state index contributed by atoms with van der Waals surface area (Å²) >= 11 is 0. The minimum Gasteiger partial charge on any atom is -0.0996 e. The quantitative estimate of drug-likeness (QED) is 0.479. The smallest absolute Gasteiger partial charge is 0.00572 e. The molecule has 0 N–H and O–H groups in total. The molecule has 0 aromatic heterocycles. The molecule has 0 aliphatic carbocycles. The minimum absolute atomic E-state index is 0.542. The molecule has 0 amide bonds. The summed E-state index contributed by atoms with van der Waals surface area (Å²) in [7, 11) is 0. The van der Waals surface area contributed by atoms with Crippen LogP contribution in [0.2, 0.25) is 0 Å². The van der Waals surface area contributed by atoms with Crippen molar-refractivity contribution in [1.29, 1.82) is 0 Å². The Labute approximate surface area is 51.9 Å². The van der Waals surface area contributed by atoms with Crippen molar-refractivity contribution < 1.29 is 0 Å². The minimum atomic E-state index is 0.542. The van der Waals surface area contributed by atoms with Crippen LogP contribution in [0.4, 0.5) is 0 Å². The Balaban J connectivity index is 3.64. The molecule has 0 heteroatoms. The molecule has 0 heterocycles. The largest absolute Gasteiger partial charge is 0.0996 e. The summed E-state index contributed by atoms with van der Waals surface area (Å²) in [6, 6.07) is 0. The summed E-state index contributed by atoms with van der Waals surface area (Å²) in [6.45, 7) is 10.0. The summed E-state index contributed by atoms with van der Waals surface area (Å²) in [5, 5.41) is 0. The van der Waals surface area contributed by atoms with Crippen LogP contribution in [0.15, 0.2) is 24.3 Å². The second-order valence-electron chi connectivity index (χ2n) is 2.16. The second-order valence-corrected chi connectivity index (χ2v) is 2.16. The zero-order valence-corrected chi connectivity index (χ0v) is 5.94. The topological polar surface area (TPSA) is 0 Å². The van der Waals surface area contributed by atoms with Gasteiger partial charge in [0.25, 0.3) is 0 Å². The Bertz CT molecular complexity index is 98.6. The van der Waals surface area contributed by atoms with Crippen molar-refractivity contribution in [3.05, 3.63) is 24.3 Å². The Morgan fingerprint density at radius 3 is 2.25 bits per heavy atom. The highest BCUT2D eigenvalue weighted by atomic mass is 14.0. The fraction of sp³-hybridized carbons (Fsp3) is 0.500. The van der Waals surface area contributed by atoms with Crippen LogP contribution < -0.4 is 0 Å². The molecule has 0 saturated heterocycles. The van der Waals surface area contributed by atoms with Crippen LogP contribution in [0.25, 0.3) is 0 Å². The Morgan fingerprint density at radius 1 is 1.62 bits per heavy atom. The van der Waals surface area contributed by atoms with E-state index in [1.54, 1.807) is 0 Å². The van der Waals surface area contributed by atoms with Crippen molar-refractivity contribution >= 4 is 0 Å². The van der Waals surface area contributed by atoms with Gasteiger partial charge < -0.3 is 0 Å². The van der Waals surface area contributed by atoms with Gasteiger partial charge >= 0.3 is 0 Å². The summed E-state index contributed by atoms with van der Waals surface area (Å²) in [4.78, 5) is 0. The van der Waals surface area contributed by atoms with Gasteiger partial charge in [-0.25, -0.2) is 0 Å². The lowest BCUT2D eigenvalue weighted by molar-refractivity contribution is 0.866. The van der Waals surface area contributed by atoms with Crippen LogP contribution in [0, 0.1) is 5.92 Å². The van der Waals surface area contributed by atoms with E-state index < -0.39 is 0 Å². The van der Waals surface area contributed by atoms with Crippen molar-refractivity contribution in [2.45, 2.75) is 20.8 Å². The highest BCUT2D eigenvalue weighted by Gasteiger charge is 1.92. The van der Waals surface area contributed by atoms with E-state index in [0.29, 0.717) is 5.92 Å². The first kappa shape index (κ1) is 7.48. The number of rotatable bonds is 2. The molecule has 0 saturated carbocycles. The molecular weight excluding hydrogens is 96.1 g/mol. The van der Waals surface area contributed by atoms with Gasteiger partial charge in [0.1, 0.15) is 0 Å². The second kappa shape index (κ2) is 3.48. The van der Waals surface area contributed by atoms with E-state index in [1.165, 1.54) is 5.57 Å². The molecule has 0 aromatic carbocycles. The number of hydrogen-bond donors (Lipinski definition) is 0. The molecule has 0 nitrogen and oxygen atoms in total. The Kier molecular flexibility index (Phi) is 3.25. The molecular formula is C8H14. The molecule has 0 radical (unpaired) electrons. The average molecular weight is 110 g/mol. The van der Waals surface area contributed by atoms with E-state index in [9.17, 15) is 0 Å². The highest BCUT2D eigenvalue weighted by molar-refractivity contribution is 5.03. The van der Waals surface area contributed by atoms with Crippen LogP contribution in [0.3, 0.4) is 0 Å². The van der Waals surface area contributed by atoms with Gasteiger partial charge in [-0.3, -0.25) is 0 Å². The van der Waals surface area contributed by atoms with Crippen molar-refractivity contribution in [3.8, 4) is 0 Å². The van der Waals surface area contributed by atoms with E-state index in [0.717, 1.165) is 0 Å². The molecule has 46 valence electrons. The van der Waals surface area contributed by atoms with E-state index in [1.807, 2.05) is 13.8 Å². The highest BCUT2D eigenvalue weighted by Crippen LogP contribution is 2.06. The molecule has 0 bridgehead atoms. The summed E-state index contributed by atoms with van der Waals surface area (Å²) < 4.78 is 0. The first-order valence-corrected chi connectivity index (χ1v) is 2.96. The summed E-state index contributed by atoms with van der Waals surface area (Å²) in [5.74, 6) is 0.542. The van der Waals surface area contributed by atoms with Crippen molar-refractivity contribution in [3.63, 3.8) is 0 Å². The maximum atomic E-state index is 3.82.